The molecule has 0 bridgehead atoms. The standard InChI is InChI=1S/C17H13N3O2/c21-17(22)11-8-13-6-9-15(10-7-13)20-12-16(18-19-20)14-4-2-1-3-5-14/h1-12H,(H,21,22)/b11-8+. The molecule has 0 radical (unpaired) electrons. The Labute approximate surface area is 127 Å². The minimum absolute atomic E-state index is 0.801. The van der Waals surface area contributed by atoms with Gasteiger partial charge >= 0.3 is 5.97 Å². The van der Waals surface area contributed by atoms with Crippen LogP contribution in [-0.4, -0.2) is 26.1 Å². The van der Waals surface area contributed by atoms with Gasteiger partial charge in [-0.15, -0.1) is 5.10 Å². The number of aliphatic carboxylic acids is 1. The molecule has 0 amide bonds. The Hall–Kier alpha value is -3.21. The van der Waals surface area contributed by atoms with Gasteiger partial charge in [0.2, 0.25) is 0 Å². The van der Waals surface area contributed by atoms with E-state index in [1.54, 1.807) is 10.8 Å². The maximum atomic E-state index is 10.5. The van der Waals surface area contributed by atoms with Crippen LogP contribution in [0.15, 0.2) is 66.9 Å². The number of carboxylic acid groups (broad SMARTS) is 1. The number of aromatic nitrogens is 3. The number of rotatable bonds is 4. The number of hydrogen-bond acceptors (Lipinski definition) is 3. The summed E-state index contributed by atoms with van der Waals surface area (Å²) in [6, 6.07) is 17.2. The molecule has 1 heterocycles. The summed E-state index contributed by atoms with van der Waals surface area (Å²) in [6.45, 7) is 0. The molecule has 0 spiro atoms. The van der Waals surface area contributed by atoms with E-state index in [0.29, 0.717) is 0 Å². The first-order valence-corrected chi connectivity index (χ1v) is 6.71. The van der Waals surface area contributed by atoms with Crippen LogP contribution in [0.3, 0.4) is 0 Å². The molecule has 0 atom stereocenters. The largest absolute Gasteiger partial charge is 0.478 e. The highest BCUT2D eigenvalue weighted by Gasteiger charge is 2.04. The van der Waals surface area contributed by atoms with Crippen molar-refractivity contribution in [3.63, 3.8) is 0 Å². The minimum atomic E-state index is -0.965. The SMILES string of the molecule is O=C(O)/C=C/c1ccc(-n2cc(-c3ccccc3)nn2)cc1. The summed E-state index contributed by atoms with van der Waals surface area (Å²) >= 11 is 0. The molecule has 3 aromatic rings. The minimum Gasteiger partial charge on any atom is -0.478 e. The Morgan fingerprint density at radius 2 is 1.77 bits per heavy atom. The van der Waals surface area contributed by atoms with Gasteiger partial charge in [-0.05, 0) is 23.8 Å². The number of hydrogen-bond donors (Lipinski definition) is 1. The summed E-state index contributed by atoms with van der Waals surface area (Å²) in [5.41, 5.74) is 3.49. The van der Waals surface area contributed by atoms with E-state index in [9.17, 15) is 4.79 Å². The van der Waals surface area contributed by atoms with E-state index in [2.05, 4.69) is 10.3 Å². The van der Waals surface area contributed by atoms with E-state index in [0.717, 1.165) is 28.6 Å². The van der Waals surface area contributed by atoms with Crippen molar-refractivity contribution in [2.24, 2.45) is 0 Å². The van der Waals surface area contributed by atoms with Crippen LogP contribution >= 0.6 is 0 Å². The fraction of sp³-hybridized carbons (Fsp3) is 0. The summed E-state index contributed by atoms with van der Waals surface area (Å²) in [7, 11) is 0. The first-order chi connectivity index (χ1) is 10.7. The molecule has 0 saturated carbocycles. The number of carboxylic acids is 1. The molecule has 5 heteroatoms. The van der Waals surface area contributed by atoms with Gasteiger partial charge in [0.25, 0.3) is 0 Å². The number of nitrogens with zero attached hydrogens (tertiary/aromatic N) is 3. The Balaban J connectivity index is 1.83. The van der Waals surface area contributed by atoms with Crippen LogP contribution in [0.4, 0.5) is 0 Å². The van der Waals surface area contributed by atoms with Crippen LogP contribution in [0, 0.1) is 0 Å². The molecule has 5 nitrogen and oxygen atoms in total. The summed E-state index contributed by atoms with van der Waals surface area (Å²) < 4.78 is 1.69. The van der Waals surface area contributed by atoms with E-state index in [4.69, 9.17) is 5.11 Å². The van der Waals surface area contributed by atoms with E-state index in [1.807, 2.05) is 60.8 Å². The van der Waals surface area contributed by atoms with Gasteiger partial charge in [-0.25, -0.2) is 9.48 Å². The second kappa shape index (κ2) is 6.05. The van der Waals surface area contributed by atoms with Gasteiger partial charge in [-0.1, -0.05) is 47.7 Å². The topological polar surface area (TPSA) is 68.0 Å². The fourth-order valence-electron chi connectivity index (χ4n) is 2.04. The van der Waals surface area contributed by atoms with Crippen molar-refractivity contribution >= 4 is 12.0 Å². The van der Waals surface area contributed by atoms with Gasteiger partial charge < -0.3 is 5.11 Å². The van der Waals surface area contributed by atoms with Crippen molar-refractivity contribution in [3.05, 3.63) is 72.4 Å². The molecule has 0 unspecified atom stereocenters. The van der Waals surface area contributed by atoms with Crippen LogP contribution < -0.4 is 0 Å². The summed E-state index contributed by atoms with van der Waals surface area (Å²) in [5.74, 6) is -0.965. The first-order valence-electron chi connectivity index (χ1n) is 6.71. The maximum Gasteiger partial charge on any atom is 0.328 e. The third-order valence-corrected chi connectivity index (χ3v) is 3.14. The van der Waals surface area contributed by atoms with Crippen LogP contribution in [-0.2, 0) is 4.79 Å². The smallest absolute Gasteiger partial charge is 0.328 e. The molecule has 3 rings (SSSR count). The zero-order valence-electron chi connectivity index (χ0n) is 11.6. The second-order valence-corrected chi connectivity index (χ2v) is 4.68. The summed E-state index contributed by atoms with van der Waals surface area (Å²) in [6.07, 6.45) is 4.51. The lowest BCUT2D eigenvalue weighted by atomic mass is 10.2. The molecule has 108 valence electrons. The molecular formula is C17H13N3O2. The van der Waals surface area contributed by atoms with Gasteiger partial charge in [0.15, 0.2) is 0 Å². The molecule has 0 fully saturated rings. The zero-order valence-corrected chi connectivity index (χ0v) is 11.6. The van der Waals surface area contributed by atoms with Crippen molar-refractivity contribution in [1.82, 2.24) is 15.0 Å². The highest BCUT2D eigenvalue weighted by molar-refractivity contribution is 5.85. The van der Waals surface area contributed by atoms with Gasteiger partial charge in [0.05, 0.1) is 11.9 Å². The van der Waals surface area contributed by atoms with E-state index < -0.39 is 5.97 Å². The quantitative estimate of drug-likeness (QED) is 0.750. The molecule has 1 N–H and O–H groups in total. The van der Waals surface area contributed by atoms with Gasteiger partial charge in [-0.3, -0.25) is 0 Å². The second-order valence-electron chi connectivity index (χ2n) is 4.68. The zero-order chi connectivity index (χ0) is 15.4. The number of carbonyl (C=O) groups is 1. The Kier molecular flexibility index (Phi) is 3.78. The monoisotopic (exact) mass is 291 g/mol. The lowest BCUT2D eigenvalue weighted by Crippen LogP contribution is -1.94. The molecule has 0 aliphatic rings. The maximum absolute atomic E-state index is 10.5. The molecule has 1 aromatic heterocycles. The van der Waals surface area contributed by atoms with Gasteiger partial charge in [-0.2, -0.15) is 0 Å². The van der Waals surface area contributed by atoms with Gasteiger partial charge in [0, 0.05) is 11.6 Å². The molecule has 2 aromatic carbocycles. The highest BCUT2D eigenvalue weighted by atomic mass is 16.4. The van der Waals surface area contributed by atoms with Crippen LogP contribution in [0.25, 0.3) is 23.0 Å². The van der Waals surface area contributed by atoms with Crippen molar-refractivity contribution in [3.8, 4) is 16.9 Å². The lowest BCUT2D eigenvalue weighted by Gasteiger charge is -2.00. The lowest BCUT2D eigenvalue weighted by molar-refractivity contribution is -0.131. The van der Waals surface area contributed by atoms with Crippen LogP contribution in [0.2, 0.25) is 0 Å². The Morgan fingerprint density at radius 1 is 1.05 bits per heavy atom. The Morgan fingerprint density at radius 3 is 2.45 bits per heavy atom. The molecule has 0 saturated heterocycles. The van der Waals surface area contributed by atoms with Crippen molar-refractivity contribution < 1.29 is 9.90 Å². The molecule has 0 aliphatic carbocycles. The number of benzene rings is 2. The summed E-state index contributed by atoms with van der Waals surface area (Å²) in [4.78, 5) is 10.5. The van der Waals surface area contributed by atoms with Crippen LogP contribution in [0.5, 0.6) is 0 Å². The predicted molar refractivity (Wildman–Crippen MR) is 83.5 cm³/mol. The fourth-order valence-corrected chi connectivity index (χ4v) is 2.04. The Bertz CT molecular complexity index is 805. The average Bonchev–Trinajstić information content (AvgIpc) is 3.04. The third-order valence-electron chi connectivity index (χ3n) is 3.14. The first kappa shape index (κ1) is 13.8. The highest BCUT2D eigenvalue weighted by Crippen LogP contribution is 2.17. The van der Waals surface area contributed by atoms with E-state index in [1.165, 1.54) is 0 Å². The molecule has 22 heavy (non-hydrogen) atoms. The third kappa shape index (κ3) is 3.09. The normalized spacial score (nSPS) is 10.9. The van der Waals surface area contributed by atoms with E-state index >= 15 is 0 Å². The van der Waals surface area contributed by atoms with Crippen molar-refractivity contribution in [2.75, 3.05) is 0 Å². The van der Waals surface area contributed by atoms with Gasteiger partial charge in [0.1, 0.15) is 5.69 Å². The predicted octanol–water partition coefficient (Wildman–Crippen LogP) is 3.03. The van der Waals surface area contributed by atoms with E-state index in [-0.39, 0.29) is 0 Å². The van der Waals surface area contributed by atoms with Crippen molar-refractivity contribution in [1.29, 1.82) is 0 Å². The average molecular weight is 291 g/mol. The summed E-state index contributed by atoms with van der Waals surface area (Å²) in [5, 5.41) is 16.9. The van der Waals surface area contributed by atoms with Crippen LogP contribution in [0.1, 0.15) is 5.56 Å². The molecule has 0 aliphatic heterocycles. The molecular weight excluding hydrogens is 278 g/mol. The van der Waals surface area contributed by atoms with Crippen molar-refractivity contribution in [2.45, 2.75) is 0 Å².